The predicted molar refractivity (Wildman–Crippen MR) is 73.5 cm³/mol. The number of rotatable bonds is 3. The Hall–Kier alpha value is -2.02. The highest BCUT2D eigenvalue weighted by atomic mass is 32.1. The number of nitrogens with one attached hydrogen (secondary N) is 1. The zero-order valence-electron chi connectivity index (χ0n) is 10.4. The van der Waals surface area contributed by atoms with Gasteiger partial charge in [0.2, 0.25) is 0 Å². The second kappa shape index (κ2) is 4.93. The molecule has 0 bridgehead atoms. The lowest BCUT2D eigenvalue weighted by Gasteiger charge is -2.10. The molecule has 4 nitrogen and oxygen atoms in total. The molecule has 0 fully saturated rings. The normalized spacial score (nSPS) is 10.5. The fraction of sp³-hybridized carbons (Fsp3) is 0.167. The van der Waals surface area contributed by atoms with Gasteiger partial charge in [-0.3, -0.25) is 4.68 Å². The molecule has 7 heteroatoms. The summed E-state index contributed by atoms with van der Waals surface area (Å²) >= 11 is 4.93. The largest absolute Gasteiger partial charge is 0.389 e. The van der Waals surface area contributed by atoms with E-state index >= 15 is 0 Å². The van der Waals surface area contributed by atoms with Crippen LogP contribution in [0.2, 0.25) is 0 Å². The summed E-state index contributed by atoms with van der Waals surface area (Å²) in [5.41, 5.74) is 6.41. The molecule has 0 atom stereocenters. The van der Waals surface area contributed by atoms with Gasteiger partial charge in [0.25, 0.3) is 0 Å². The Morgan fingerprint density at radius 2 is 1.95 bits per heavy atom. The highest BCUT2D eigenvalue weighted by Crippen LogP contribution is 2.26. The maximum absolute atomic E-state index is 13.6. The van der Waals surface area contributed by atoms with E-state index in [0.717, 1.165) is 12.1 Å². The molecule has 0 saturated carbocycles. The third-order valence-electron chi connectivity index (χ3n) is 2.67. The molecule has 0 aliphatic heterocycles. The number of hydrogen-bond acceptors (Lipinski definition) is 3. The Bertz CT molecular complexity index is 631. The lowest BCUT2D eigenvalue weighted by molar-refractivity contribution is 0.590. The van der Waals surface area contributed by atoms with E-state index in [1.54, 1.807) is 14.0 Å². The molecule has 0 radical (unpaired) electrons. The first-order valence-corrected chi connectivity index (χ1v) is 5.87. The molecule has 2 aromatic rings. The van der Waals surface area contributed by atoms with Crippen LogP contribution in [0.4, 0.5) is 20.3 Å². The smallest absolute Gasteiger partial charge is 0.149 e. The van der Waals surface area contributed by atoms with Gasteiger partial charge in [-0.1, -0.05) is 18.3 Å². The monoisotopic (exact) mass is 282 g/mol. The standard InChI is InChI=1S/C12H12F2N4S/c1-6-9(11(15)19)12(18(2)17-6)16-10-7(13)4-3-5-8(10)14/h3-5,16H,1-2H3,(H2,15,19). The Morgan fingerprint density at radius 3 is 2.47 bits per heavy atom. The number of benzene rings is 1. The van der Waals surface area contributed by atoms with Gasteiger partial charge in [-0.05, 0) is 19.1 Å². The number of thiocarbonyl (C=S) groups is 1. The van der Waals surface area contributed by atoms with Crippen LogP contribution < -0.4 is 11.1 Å². The van der Waals surface area contributed by atoms with Crippen molar-refractivity contribution in [2.45, 2.75) is 6.92 Å². The van der Waals surface area contributed by atoms with Gasteiger partial charge in [0, 0.05) is 7.05 Å². The molecule has 1 aromatic carbocycles. The van der Waals surface area contributed by atoms with Crippen molar-refractivity contribution in [2.75, 3.05) is 5.32 Å². The summed E-state index contributed by atoms with van der Waals surface area (Å²) in [6, 6.07) is 3.61. The fourth-order valence-corrected chi connectivity index (χ4v) is 2.08. The molecule has 0 unspecified atom stereocenters. The van der Waals surface area contributed by atoms with E-state index in [0.29, 0.717) is 17.1 Å². The number of nitrogens with zero attached hydrogens (tertiary/aromatic N) is 2. The molecule has 100 valence electrons. The van der Waals surface area contributed by atoms with Crippen molar-refractivity contribution in [3.63, 3.8) is 0 Å². The number of aryl methyl sites for hydroxylation is 2. The molecule has 19 heavy (non-hydrogen) atoms. The second-order valence-corrected chi connectivity index (χ2v) is 4.46. The van der Waals surface area contributed by atoms with Crippen molar-refractivity contribution in [1.29, 1.82) is 0 Å². The van der Waals surface area contributed by atoms with E-state index in [2.05, 4.69) is 10.4 Å². The average molecular weight is 282 g/mol. The minimum atomic E-state index is -0.701. The number of halogens is 2. The van der Waals surface area contributed by atoms with Gasteiger partial charge in [-0.15, -0.1) is 0 Å². The van der Waals surface area contributed by atoms with Crippen molar-refractivity contribution in [1.82, 2.24) is 9.78 Å². The minimum Gasteiger partial charge on any atom is -0.389 e. The molecular formula is C12H12F2N4S. The average Bonchev–Trinajstić information content (AvgIpc) is 2.58. The Kier molecular flexibility index (Phi) is 3.48. The first kappa shape index (κ1) is 13.4. The number of para-hydroxylation sites is 1. The summed E-state index contributed by atoms with van der Waals surface area (Å²) in [5, 5.41) is 6.79. The first-order chi connectivity index (χ1) is 8.91. The fourth-order valence-electron chi connectivity index (χ4n) is 1.83. The lowest BCUT2D eigenvalue weighted by atomic mass is 10.2. The summed E-state index contributed by atoms with van der Waals surface area (Å²) < 4.78 is 28.7. The SMILES string of the molecule is Cc1nn(C)c(Nc2c(F)cccc2F)c1C(N)=S. The molecule has 0 spiro atoms. The highest BCUT2D eigenvalue weighted by Gasteiger charge is 2.18. The van der Waals surface area contributed by atoms with E-state index in [9.17, 15) is 8.78 Å². The Labute approximate surface area is 114 Å². The van der Waals surface area contributed by atoms with Crippen molar-refractivity contribution in [3.8, 4) is 0 Å². The molecule has 0 saturated heterocycles. The highest BCUT2D eigenvalue weighted by molar-refractivity contribution is 7.80. The Morgan fingerprint density at radius 1 is 1.37 bits per heavy atom. The van der Waals surface area contributed by atoms with Crippen molar-refractivity contribution >= 4 is 28.7 Å². The van der Waals surface area contributed by atoms with Gasteiger partial charge in [0.05, 0.1) is 11.3 Å². The maximum Gasteiger partial charge on any atom is 0.149 e. The summed E-state index contributed by atoms with van der Waals surface area (Å²) in [6.07, 6.45) is 0. The van der Waals surface area contributed by atoms with Crippen LogP contribution in [0.5, 0.6) is 0 Å². The van der Waals surface area contributed by atoms with Gasteiger partial charge < -0.3 is 11.1 Å². The van der Waals surface area contributed by atoms with Gasteiger partial charge in [-0.2, -0.15) is 5.10 Å². The molecule has 1 aromatic heterocycles. The second-order valence-electron chi connectivity index (χ2n) is 4.02. The van der Waals surface area contributed by atoms with Crippen LogP contribution in [0.3, 0.4) is 0 Å². The lowest BCUT2D eigenvalue weighted by Crippen LogP contribution is -2.13. The molecule has 0 amide bonds. The van der Waals surface area contributed by atoms with Gasteiger partial charge >= 0.3 is 0 Å². The zero-order chi connectivity index (χ0) is 14.2. The van der Waals surface area contributed by atoms with E-state index in [1.165, 1.54) is 10.7 Å². The first-order valence-electron chi connectivity index (χ1n) is 5.46. The summed E-state index contributed by atoms with van der Waals surface area (Å²) in [5.74, 6) is -1.05. The van der Waals surface area contributed by atoms with Crippen LogP contribution >= 0.6 is 12.2 Å². The summed E-state index contributed by atoms with van der Waals surface area (Å²) in [6.45, 7) is 1.72. The summed E-state index contributed by atoms with van der Waals surface area (Å²) in [4.78, 5) is 0.116. The quantitative estimate of drug-likeness (QED) is 0.849. The van der Waals surface area contributed by atoms with E-state index in [1.807, 2.05) is 0 Å². The van der Waals surface area contributed by atoms with Crippen molar-refractivity contribution < 1.29 is 8.78 Å². The topological polar surface area (TPSA) is 55.9 Å². The van der Waals surface area contributed by atoms with Crippen LogP contribution in [0.1, 0.15) is 11.3 Å². The zero-order valence-corrected chi connectivity index (χ0v) is 11.2. The van der Waals surface area contributed by atoms with Crippen LogP contribution in [-0.2, 0) is 7.05 Å². The Balaban J connectivity index is 2.53. The maximum atomic E-state index is 13.6. The third kappa shape index (κ3) is 2.41. The van der Waals surface area contributed by atoms with Crippen LogP contribution in [-0.4, -0.2) is 14.8 Å². The van der Waals surface area contributed by atoms with E-state index in [4.69, 9.17) is 18.0 Å². The van der Waals surface area contributed by atoms with Crippen molar-refractivity contribution in [2.24, 2.45) is 12.8 Å². The minimum absolute atomic E-state index is 0.116. The van der Waals surface area contributed by atoms with Crippen LogP contribution in [0.25, 0.3) is 0 Å². The molecule has 3 N–H and O–H groups in total. The van der Waals surface area contributed by atoms with Crippen molar-refractivity contribution in [3.05, 3.63) is 41.1 Å². The summed E-state index contributed by atoms with van der Waals surface area (Å²) in [7, 11) is 1.63. The van der Waals surface area contributed by atoms with Gasteiger partial charge in [0.15, 0.2) is 0 Å². The predicted octanol–water partition coefficient (Wildman–Crippen LogP) is 2.38. The molecule has 2 rings (SSSR count). The number of aromatic nitrogens is 2. The molecule has 1 heterocycles. The van der Waals surface area contributed by atoms with Gasteiger partial charge in [-0.25, -0.2) is 8.78 Å². The van der Waals surface area contributed by atoms with E-state index in [-0.39, 0.29) is 10.7 Å². The van der Waals surface area contributed by atoms with Gasteiger partial charge in [0.1, 0.15) is 28.1 Å². The third-order valence-corrected chi connectivity index (χ3v) is 2.88. The number of anilines is 2. The number of hydrogen-bond donors (Lipinski definition) is 2. The number of nitrogens with two attached hydrogens (primary N) is 1. The van der Waals surface area contributed by atoms with E-state index < -0.39 is 11.6 Å². The van der Waals surface area contributed by atoms with Crippen LogP contribution in [0.15, 0.2) is 18.2 Å². The molecule has 0 aliphatic carbocycles. The molecule has 0 aliphatic rings. The molecular weight excluding hydrogens is 270 g/mol. The van der Waals surface area contributed by atoms with Crippen LogP contribution in [0, 0.1) is 18.6 Å².